The van der Waals surface area contributed by atoms with Gasteiger partial charge in [0.15, 0.2) is 5.58 Å². The van der Waals surface area contributed by atoms with Crippen LogP contribution < -0.4 is 11.1 Å². The Hall–Kier alpha value is -1.80. The maximum atomic E-state index is 12.4. The van der Waals surface area contributed by atoms with E-state index in [0.717, 1.165) is 0 Å². The number of hydrogen-bond donors (Lipinski definition) is 2. The summed E-state index contributed by atoms with van der Waals surface area (Å²) in [5.41, 5.74) is 5.84. The van der Waals surface area contributed by atoms with Gasteiger partial charge in [-0.1, -0.05) is 0 Å². The standard InChI is InChI=1S/C12H12F3N3O2.ClH/c1-6(16)4-10(19)17-7-2-3-9-8(5-7)18-11(20-9)12(13,14)15;/h2-3,5-6H,4,16H2,1H3,(H,17,19);1H. The Kier molecular flexibility index (Phi) is 5.19. The van der Waals surface area contributed by atoms with Gasteiger partial charge in [0.05, 0.1) is 0 Å². The van der Waals surface area contributed by atoms with Gasteiger partial charge in [0, 0.05) is 18.2 Å². The Bertz CT molecular complexity index is 640. The molecule has 0 saturated carbocycles. The third-order valence-electron chi connectivity index (χ3n) is 2.42. The van der Waals surface area contributed by atoms with Crippen molar-refractivity contribution in [3.05, 3.63) is 24.1 Å². The van der Waals surface area contributed by atoms with Gasteiger partial charge >= 0.3 is 12.1 Å². The van der Waals surface area contributed by atoms with Crippen molar-refractivity contribution in [3.63, 3.8) is 0 Å². The van der Waals surface area contributed by atoms with Crippen LogP contribution in [0, 0.1) is 0 Å². The summed E-state index contributed by atoms with van der Waals surface area (Å²) >= 11 is 0. The fourth-order valence-corrected chi connectivity index (χ4v) is 1.63. The second-order valence-corrected chi connectivity index (χ2v) is 4.43. The molecule has 0 bridgehead atoms. The zero-order valence-electron chi connectivity index (χ0n) is 10.9. The van der Waals surface area contributed by atoms with Gasteiger partial charge in [-0.05, 0) is 25.1 Å². The summed E-state index contributed by atoms with van der Waals surface area (Å²) in [7, 11) is 0. The van der Waals surface area contributed by atoms with Crippen LogP contribution in [0.4, 0.5) is 18.9 Å². The van der Waals surface area contributed by atoms with Gasteiger partial charge in [-0.15, -0.1) is 12.4 Å². The molecular weight excluding hydrogens is 311 g/mol. The summed E-state index contributed by atoms with van der Waals surface area (Å²) < 4.78 is 41.9. The lowest BCUT2D eigenvalue weighted by atomic mass is 10.2. The predicted molar refractivity (Wildman–Crippen MR) is 73.2 cm³/mol. The van der Waals surface area contributed by atoms with Crippen molar-refractivity contribution in [1.29, 1.82) is 0 Å². The largest absolute Gasteiger partial charge is 0.468 e. The lowest BCUT2D eigenvalue weighted by Gasteiger charge is -2.06. The second-order valence-electron chi connectivity index (χ2n) is 4.43. The monoisotopic (exact) mass is 323 g/mol. The molecule has 3 N–H and O–H groups in total. The van der Waals surface area contributed by atoms with Crippen LogP contribution in [0.3, 0.4) is 0 Å². The molecule has 0 radical (unpaired) electrons. The van der Waals surface area contributed by atoms with Crippen molar-refractivity contribution < 1.29 is 22.4 Å². The fourth-order valence-electron chi connectivity index (χ4n) is 1.63. The first-order valence-electron chi connectivity index (χ1n) is 5.79. The molecule has 0 saturated heterocycles. The number of nitrogens with one attached hydrogen (secondary N) is 1. The Morgan fingerprint density at radius 2 is 2.14 bits per heavy atom. The lowest BCUT2D eigenvalue weighted by Crippen LogP contribution is -2.23. The molecule has 1 aromatic carbocycles. The Labute approximate surface area is 124 Å². The van der Waals surface area contributed by atoms with Gasteiger partial charge in [-0.25, -0.2) is 4.98 Å². The number of nitrogens with two attached hydrogens (primary N) is 1. The van der Waals surface area contributed by atoms with Gasteiger partial charge in [-0.3, -0.25) is 4.79 Å². The molecule has 0 fully saturated rings. The number of alkyl halides is 3. The minimum Gasteiger partial charge on any atom is -0.433 e. The zero-order chi connectivity index (χ0) is 14.9. The first kappa shape index (κ1) is 17.3. The van der Waals surface area contributed by atoms with Crippen LogP contribution in [0.15, 0.2) is 22.6 Å². The summed E-state index contributed by atoms with van der Waals surface area (Å²) in [6.45, 7) is 1.68. The quantitative estimate of drug-likeness (QED) is 0.910. The van der Waals surface area contributed by atoms with Crippen LogP contribution >= 0.6 is 12.4 Å². The van der Waals surface area contributed by atoms with Crippen LogP contribution in [0.25, 0.3) is 11.1 Å². The summed E-state index contributed by atoms with van der Waals surface area (Å²) in [6, 6.07) is 3.77. The molecule has 2 rings (SSSR count). The molecule has 116 valence electrons. The Morgan fingerprint density at radius 1 is 1.48 bits per heavy atom. The zero-order valence-corrected chi connectivity index (χ0v) is 11.7. The Balaban J connectivity index is 0.00000220. The SMILES string of the molecule is CC(N)CC(=O)Nc1ccc2oc(C(F)(F)F)nc2c1.Cl. The van der Waals surface area contributed by atoms with E-state index in [1.165, 1.54) is 18.2 Å². The summed E-state index contributed by atoms with van der Waals surface area (Å²) in [5, 5.41) is 2.53. The number of nitrogens with zero attached hydrogens (tertiary/aromatic N) is 1. The minimum atomic E-state index is -4.64. The molecule has 9 heteroatoms. The van der Waals surface area contributed by atoms with Gasteiger partial charge in [-0.2, -0.15) is 13.2 Å². The van der Waals surface area contributed by atoms with Crippen LogP contribution in [0.5, 0.6) is 0 Å². The first-order valence-corrected chi connectivity index (χ1v) is 5.79. The predicted octanol–water partition coefficient (Wildman–Crippen LogP) is 2.94. The van der Waals surface area contributed by atoms with Crippen molar-refractivity contribution in [2.45, 2.75) is 25.6 Å². The van der Waals surface area contributed by atoms with Crippen molar-refractivity contribution in [1.82, 2.24) is 4.98 Å². The van der Waals surface area contributed by atoms with E-state index >= 15 is 0 Å². The van der Waals surface area contributed by atoms with Crippen molar-refractivity contribution in [2.24, 2.45) is 5.73 Å². The number of benzene rings is 1. The molecule has 0 aliphatic rings. The van der Waals surface area contributed by atoms with Crippen LogP contribution in [0.1, 0.15) is 19.2 Å². The molecule has 0 aliphatic carbocycles. The van der Waals surface area contributed by atoms with Crippen LogP contribution in [-0.4, -0.2) is 16.9 Å². The summed E-state index contributed by atoms with van der Waals surface area (Å²) in [4.78, 5) is 14.9. The van der Waals surface area contributed by atoms with E-state index in [9.17, 15) is 18.0 Å². The lowest BCUT2D eigenvalue weighted by molar-refractivity contribution is -0.156. The van der Waals surface area contributed by atoms with E-state index < -0.39 is 12.1 Å². The third kappa shape index (κ3) is 4.33. The molecule has 21 heavy (non-hydrogen) atoms. The highest BCUT2D eigenvalue weighted by molar-refractivity contribution is 5.93. The average Bonchev–Trinajstić information content (AvgIpc) is 2.70. The number of fused-ring (bicyclic) bond motifs is 1. The fraction of sp³-hybridized carbons (Fsp3) is 0.333. The van der Waals surface area contributed by atoms with Crippen molar-refractivity contribution in [3.8, 4) is 0 Å². The highest BCUT2D eigenvalue weighted by Gasteiger charge is 2.37. The molecule has 0 aliphatic heterocycles. The molecule has 0 spiro atoms. The molecule has 1 heterocycles. The smallest absolute Gasteiger partial charge is 0.433 e. The molecule has 5 nitrogen and oxygen atoms in total. The van der Waals surface area contributed by atoms with E-state index in [-0.39, 0.29) is 41.9 Å². The third-order valence-corrected chi connectivity index (χ3v) is 2.42. The number of halogens is 4. The minimum absolute atomic E-state index is 0. The molecule has 1 unspecified atom stereocenters. The number of aromatic nitrogens is 1. The second kappa shape index (κ2) is 6.31. The van der Waals surface area contributed by atoms with Gasteiger partial charge < -0.3 is 15.5 Å². The number of anilines is 1. The van der Waals surface area contributed by atoms with E-state index in [2.05, 4.69) is 14.7 Å². The maximum absolute atomic E-state index is 12.4. The number of amides is 1. The molecule has 1 amide bonds. The maximum Gasteiger partial charge on any atom is 0.468 e. The Morgan fingerprint density at radius 3 is 2.71 bits per heavy atom. The number of rotatable bonds is 3. The highest BCUT2D eigenvalue weighted by atomic mass is 35.5. The highest BCUT2D eigenvalue weighted by Crippen LogP contribution is 2.31. The topological polar surface area (TPSA) is 81.2 Å². The van der Waals surface area contributed by atoms with Crippen LogP contribution in [0.2, 0.25) is 0 Å². The molecule has 2 aromatic rings. The molecule has 1 atom stereocenters. The van der Waals surface area contributed by atoms with Gasteiger partial charge in [0.25, 0.3) is 0 Å². The normalized spacial score (nSPS) is 12.8. The average molecular weight is 324 g/mol. The first-order chi connectivity index (χ1) is 9.25. The van der Waals surface area contributed by atoms with Crippen LogP contribution in [-0.2, 0) is 11.0 Å². The van der Waals surface area contributed by atoms with Gasteiger partial charge in [0.2, 0.25) is 5.91 Å². The number of oxazole rings is 1. The molecular formula is C12H13ClF3N3O2. The van der Waals surface area contributed by atoms with E-state index in [0.29, 0.717) is 5.69 Å². The molecule has 1 aromatic heterocycles. The van der Waals surface area contributed by atoms with Crippen molar-refractivity contribution in [2.75, 3.05) is 5.32 Å². The summed E-state index contributed by atoms with van der Waals surface area (Å²) in [6.07, 6.45) is -4.53. The summed E-state index contributed by atoms with van der Waals surface area (Å²) in [5.74, 6) is -1.63. The van der Waals surface area contributed by atoms with E-state index in [4.69, 9.17) is 5.73 Å². The van der Waals surface area contributed by atoms with Gasteiger partial charge in [0.1, 0.15) is 5.52 Å². The van der Waals surface area contributed by atoms with Crippen molar-refractivity contribution >= 4 is 35.1 Å². The number of carbonyl (C=O) groups is 1. The number of carbonyl (C=O) groups excluding carboxylic acids is 1. The number of hydrogen-bond acceptors (Lipinski definition) is 4. The van der Waals surface area contributed by atoms with E-state index in [1.807, 2.05) is 0 Å². The van der Waals surface area contributed by atoms with E-state index in [1.54, 1.807) is 6.92 Å².